The first-order chi connectivity index (χ1) is 14.7. The van der Waals surface area contributed by atoms with Crippen LogP contribution >= 0.6 is 0 Å². The van der Waals surface area contributed by atoms with E-state index < -0.39 is 0 Å². The van der Waals surface area contributed by atoms with E-state index in [9.17, 15) is 0 Å². The highest BCUT2D eigenvalue weighted by Gasteiger charge is 2.31. The molecular formula is C28H57N3. The molecule has 0 aromatic heterocycles. The summed E-state index contributed by atoms with van der Waals surface area (Å²) in [4.78, 5) is 7.74. The van der Waals surface area contributed by atoms with E-state index in [4.69, 9.17) is 0 Å². The van der Waals surface area contributed by atoms with Crippen molar-refractivity contribution in [3.63, 3.8) is 0 Å². The molecule has 3 saturated heterocycles. The summed E-state index contributed by atoms with van der Waals surface area (Å²) < 4.78 is 0. The van der Waals surface area contributed by atoms with Gasteiger partial charge in [-0.15, -0.1) is 0 Å². The van der Waals surface area contributed by atoms with Crippen LogP contribution in [0.1, 0.15) is 113 Å². The molecule has 0 amide bonds. The molecule has 0 spiro atoms. The standard InChI is InChI=1S/C13H25N.C8H17N.C7H15N/c1-11(2)14-9-8-13(10-14)12-6-4-3-5-7-12;1-8(2,3)9-6-4-5-7-9;1-7(2)8-5-3-4-6-8/h11-13H,3-10H2,1-2H3;4-7H2,1-3H3;7H,3-6H2,1-2H3. The van der Waals surface area contributed by atoms with Crippen molar-refractivity contribution in [3.05, 3.63) is 0 Å². The minimum absolute atomic E-state index is 0.413. The molecule has 3 heteroatoms. The van der Waals surface area contributed by atoms with Gasteiger partial charge in [0.1, 0.15) is 0 Å². The first-order valence-electron chi connectivity index (χ1n) is 13.9. The van der Waals surface area contributed by atoms with Crippen molar-refractivity contribution in [1.82, 2.24) is 14.7 Å². The molecule has 1 aliphatic carbocycles. The molecule has 3 aliphatic heterocycles. The van der Waals surface area contributed by atoms with Gasteiger partial charge in [-0.2, -0.15) is 0 Å². The van der Waals surface area contributed by atoms with Crippen molar-refractivity contribution in [2.24, 2.45) is 11.8 Å². The topological polar surface area (TPSA) is 9.72 Å². The van der Waals surface area contributed by atoms with E-state index in [-0.39, 0.29) is 0 Å². The predicted octanol–water partition coefficient (Wildman–Crippen LogP) is 6.67. The first kappa shape index (κ1) is 27.1. The average molecular weight is 436 g/mol. The molecule has 0 aromatic rings. The third-order valence-electron chi connectivity index (χ3n) is 8.23. The molecule has 184 valence electrons. The van der Waals surface area contributed by atoms with Crippen LogP contribution in [-0.4, -0.2) is 71.6 Å². The molecule has 4 aliphatic rings. The van der Waals surface area contributed by atoms with E-state index in [0.29, 0.717) is 5.54 Å². The number of hydrogen-bond donors (Lipinski definition) is 0. The van der Waals surface area contributed by atoms with Gasteiger partial charge in [-0.3, -0.25) is 4.90 Å². The highest BCUT2D eigenvalue weighted by Crippen LogP contribution is 2.35. The molecule has 3 heterocycles. The van der Waals surface area contributed by atoms with Crippen LogP contribution in [0.5, 0.6) is 0 Å². The fraction of sp³-hybridized carbons (Fsp3) is 1.00. The Morgan fingerprint density at radius 1 is 0.548 bits per heavy atom. The average Bonchev–Trinajstić information content (AvgIpc) is 3.52. The molecule has 1 unspecified atom stereocenters. The lowest BCUT2D eigenvalue weighted by atomic mass is 9.80. The minimum atomic E-state index is 0.413. The van der Waals surface area contributed by atoms with Gasteiger partial charge in [0, 0.05) is 24.2 Å². The molecular weight excluding hydrogens is 378 g/mol. The quantitative estimate of drug-likeness (QED) is 0.490. The lowest BCUT2D eigenvalue weighted by molar-refractivity contribution is 0.175. The minimum Gasteiger partial charge on any atom is -0.301 e. The molecule has 1 atom stereocenters. The molecule has 0 radical (unpaired) electrons. The third-order valence-corrected chi connectivity index (χ3v) is 8.23. The Hall–Kier alpha value is -0.120. The lowest BCUT2D eigenvalue weighted by Crippen LogP contribution is -2.38. The fourth-order valence-corrected chi connectivity index (χ4v) is 5.92. The molecule has 0 bridgehead atoms. The lowest BCUT2D eigenvalue weighted by Gasteiger charge is -2.31. The predicted molar refractivity (Wildman–Crippen MR) is 138 cm³/mol. The Balaban J connectivity index is 0.000000175. The van der Waals surface area contributed by atoms with Crippen molar-refractivity contribution in [1.29, 1.82) is 0 Å². The van der Waals surface area contributed by atoms with E-state index in [1.807, 2.05) is 0 Å². The summed E-state index contributed by atoms with van der Waals surface area (Å²) in [6.45, 7) is 24.1. The molecule has 4 rings (SSSR count). The molecule has 4 fully saturated rings. The SMILES string of the molecule is CC(C)(C)N1CCCC1.CC(C)N1CCC(C2CCCCC2)C1.CC(C)N1CCCC1. The van der Waals surface area contributed by atoms with E-state index in [0.717, 1.165) is 23.9 Å². The van der Waals surface area contributed by atoms with Gasteiger partial charge >= 0.3 is 0 Å². The summed E-state index contributed by atoms with van der Waals surface area (Å²) in [6, 6.07) is 1.54. The van der Waals surface area contributed by atoms with Gasteiger partial charge in [-0.05, 0) is 125 Å². The molecule has 1 saturated carbocycles. The zero-order chi connectivity index (χ0) is 22.9. The van der Waals surface area contributed by atoms with Crippen LogP contribution in [0.3, 0.4) is 0 Å². The van der Waals surface area contributed by atoms with Crippen LogP contribution in [0.15, 0.2) is 0 Å². The number of rotatable bonds is 3. The number of likely N-dealkylation sites (tertiary alicyclic amines) is 3. The summed E-state index contributed by atoms with van der Waals surface area (Å²) in [5.74, 6) is 2.12. The second-order valence-corrected chi connectivity index (χ2v) is 12.2. The maximum absolute atomic E-state index is 2.67. The van der Waals surface area contributed by atoms with E-state index >= 15 is 0 Å². The Labute approximate surface area is 196 Å². The summed E-state index contributed by atoms with van der Waals surface area (Å²) in [5.41, 5.74) is 0.413. The maximum atomic E-state index is 2.67. The zero-order valence-corrected chi connectivity index (χ0v) is 22.5. The van der Waals surface area contributed by atoms with Crippen LogP contribution in [0.4, 0.5) is 0 Å². The van der Waals surface area contributed by atoms with Gasteiger partial charge in [0.05, 0.1) is 0 Å². The van der Waals surface area contributed by atoms with Gasteiger partial charge in [-0.25, -0.2) is 0 Å². The second kappa shape index (κ2) is 13.6. The van der Waals surface area contributed by atoms with E-state index in [2.05, 4.69) is 63.2 Å². The summed E-state index contributed by atoms with van der Waals surface area (Å²) in [5, 5.41) is 0. The summed E-state index contributed by atoms with van der Waals surface area (Å²) in [6.07, 6.45) is 14.7. The van der Waals surface area contributed by atoms with Gasteiger partial charge in [0.2, 0.25) is 0 Å². The largest absolute Gasteiger partial charge is 0.301 e. The Kier molecular flexibility index (Phi) is 11.9. The van der Waals surface area contributed by atoms with E-state index in [1.165, 1.54) is 103 Å². The van der Waals surface area contributed by atoms with Crippen LogP contribution in [-0.2, 0) is 0 Å². The first-order valence-corrected chi connectivity index (χ1v) is 13.9. The van der Waals surface area contributed by atoms with Gasteiger partial charge in [0.15, 0.2) is 0 Å². The van der Waals surface area contributed by atoms with Crippen molar-refractivity contribution in [3.8, 4) is 0 Å². The van der Waals surface area contributed by atoms with Crippen LogP contribution in [0.25, 0.3) is 0 Å². The fourth-order valence-electron chi connectivity index (χ4n) is 5.92. The normalized spacial score (nSPS) is 26.8. The molecule has 3 nitrogen and oxygen atoms in total. The molecule has 31 heavy (non-hydrogen) atoms. The maximum Gasteiger partial charge on any atom is 0.0125 e. The van der Waals surface area contributed by atoms with Crippen molar-refractivity contribution in [2.45, 2.75) is 130 Å². The van der Waals surface area contributed by atoms with Crippen LogP contribution in [0.2, 0.25) is 0 Å². The van der Waals surface area contributed by atoms with Gasteiger partial charge < -0.3 is 9.80 Å². The number of hydrogen-bond acceptors (Lipinski definition) is 3. The Morgan fingerprint density at radius 2 is 1.06 bits per heavy atom. The summed E-state index contributed by atoms with van der Waals surface area (Å²) >= 11 is 0. The second-order valence-electron chi connectivity index (χ2n) is 12.2. The van der Waals surface area contributed by atoms with Crippen LogP contribution in [0, 0.1) is 11.8 Å². The smallest absolute Gasteiger partial charge is 0.0125 e. The van der Waals surface area contributed by atoms with E-state index in [1.54, 1.807) is 0 Å². The highest BCUT2D eigenvalue weighted by molar-refractivity contribution is 4.84. The third kappa shape index (κ3) is 9.72. The zero-order valence-electron chi connectivity index (χ0n) is 22.5. The van der Waals surface area contributed by atoms with Crippen LogP contribution < -0.4 is 0 Å². The Morgan fingerprint density at radius 3 is 1.45 bits per heavy atom. The number of nitrogens with zero attached hydrogens (tertiary/aromatic N) is 3. The highest BCUT2D eigenvalue weighted by atomic mass is 15.2. The van der Waals surface area contributed by atoms with Crippen molar-refractivity contribution in [2.75, 3.05) is 39.3 Å². The van der Waals surface area contributed by atoms with Crippen molar-refractivity contribution < 1.29 is 0 Å². The monoisotopic (exact) mass is 435 g/mol. The molecule has 0 aromatic carbocycles. The van der Waals surface area contributed by atoms with Gasteiger partial charge in [-0.1, -0.05) is 32.1 Å². The summed E-state index contributed by atoms with van der Waals surface area (Å²) in [7, 11) is 0. The Bertz CT molecular complexity index is 449. The van der Waals surface area contributed by atoms with Crippen molar-refractivity contribution >= 4 is 0 Å². The van der Waals surface area contributed by atoms with Gasteiger partial charge in [0.25, 0.3) is 0 Å². The molecule has 0 N–H and O–H groups in total.